The van der Waals surface area contributed by atoms with E-state index in [0.29, 0.717) is 18.4 Å². The van der Waals surface area contributed by atoms with E-state index < -0.39 is 11.7 Å². The Bertz CT molecular complexity index is 720. The largest absolute Gasteiger partial charge is 0.392 e. The Morgan fingerprint density at radius 2 is 1.90 bits per heavy atom. The Morgan fingerprint density at radius 1 is 1.10 bits per heavy atom. The first kappa shape index (κ1) is 20.4. The predicted molar refractivity (Wildman–Crippen MR) is 111 cm³/mol. The maximum absolute atomic E-state index is 12.4. The molecule has 3 unspecified atom stereocenters. The minimum Gasteiger partial charge on any atom is -0.392 e. The number of fused-ring (bicyclic) bond motifs is 2. The molecule has 12 atom stereocenters. The average molecular weight is 422 g/mol. The van der Waals surface area contributed by atoms with Crippen molar-refractivity contribution in [3.05, 3.63) is 0 Å². The molecule has 0 aromatic rings. The zero-order chi connectivity index (χ0) is 21.1. The minimum atomic E-state index is -0.847. The lowest BCUT2D eigenvalue weighted by atomic mass is 9.43. The molecular weight excluding hydrogens is 382 g/mol. The molecule has 170 valence electrons. The van der Waals surface area contributed by atoms with Gasteiger partial charge in [-0.15, -0.1) is 0 Å². The van der Waals surface area contributed by atoms with Crippen molar-refractivity contribution >= 4 is 0 Å². The van der Waals surface area contributed by atoms with E-state index >= 15 is 0 Å². The monoisotopic (exact) mass is 421 g/mol. The summed E-state index contributed by atoms with van der Waals surface area (Å²) in [6.45, 7) is 5.11. The van der Waals surface area contributed by atoms with Gasteiger partial charge in [-0.3, -0.25) is 4.90 Å². The van der Waals surface area contributed by atoms with Crippen LogP contribution in [-0.2, 0) is 14.2 Å². The molecule has 7 bridgehead atoms. The second kappa shape index (κ2) is 6.42. The Morgan fingerprint density at radius 3 is 2.57 bits per heavy atom. The van der Waals surface area contributed by atoms with Crippen molar-refractivity contribution in [2.45, 2.75) is 69.0 Å². The van der Waals surface area contributed by atoms with Crippen molar-refractivity contribution in [3.63, 3.8) is 0 Å². The first-order chi connectivity index (χ1) is 14.4. The molecule has 1 saturated heterocycles. The molecule has 6 aliphatic rings. The highest BCUT2D eigenvalue weighted by molar-refractivity contribution is 5.33. The average Bonchev–Trinajstić information content (AvgIpc) is 3.15. The second-order valence-corrected chi connectivity index (χ2v) is 11.5. The zero-order valence-electron chi connectivity index (χ0n) is 18.9. The zero-order valence-corrected chi connectivity index (χ0v) is 18.9. The maximum atomic E-state index is 12.4. The molecule has 6 heteroatoms. The molecule has 6 rings (SSSR count). The Labute approximate surface area is 180 Å². The fourth-order valence-electron chi connectivity index (χ4n) is 10.7. The number of piperidine rings is 1. The topological polar surface area (TPSA) is 71.4 Å². The number of aliphatic hydroxyl groups is 2. The van der Waals surface area contributed by atoms with Gasteiger partial charge >= 0.3 is 0 Å². The Balaban J connectivity index is 1.58. The van der Waals surface area contributed by atoms with E-state index in [2.05, 4.69) is 11.8 Å². The SMILES string of the molecule is CCN1C[C@]2(COC)CC[C@H](OC)C34C1C(C[C@@H]32)[C@@]1(O)C[C@H](OC)[C@H]2C[C@@H]4[C@@H]1[C@H]2O. The summed E-state index contributed by atoms with van der Waals surface area (Å²) in [6, 6.07) is 0.329. The molecule has 5 saturated carbocycles. The molecule has 0 aromatic carbocycles. The minimum absolute atomic E-state index is 0.000283. The highest BCUT2D eigenvalue weighted by Gasteiger charge is 2.83. The van der Waals surface area contributed by atoms with Gasteiger partial charge in [0, 0.05) is 68.9 Å². The van der Waals surface area contributed by atoms with E-state index in [0.717, 1.165) is 45.4 Å². The van der Waals surface area contributed by atoms with E-state index in [1.54, 1.807) is 7.11 Å². The molecule has 1 aliphatic heterocycles. The van der Waals surface area contributed by atoms with E-state index in [9.17, 15) is 10.2 Å². The number of hydrogen-bond acceptors (Lipinski definition) is 6. The van der Waals surface area contributed by atoms with Gasteiger partial charge in [0.05, 0.1) is 30.5 Å². The maximum Gasteiger partial charge on any atom is 0.0771 e. The van der Waals surface area contributed by atoms with Gasteiger partial charge in [0.2, 0.25) is 0 Å². The second-order valence-electron chi connectivity index (χ2n) is 11.5. The number of rotatable bonds is 5. The van der Waals surface area contributed by atoms with Gasteiger partial charge in [-0.25, -0.2) is 0 Å². The number of hydrogen-bond donors (Lipinski definition) is 2. The van der Waals surface area contributed by atoms with Crippen molar-refractivity contribution in [1.29, 1.82) is 0 Å². The van der Waals surface area contributed by atoms with Crippen molar-refractivity contribution in [1.82, 2.24) is 4.90 Å². The quantitative estimate of drug-likeness (QED) is 0.702. The summed E-state index contributed by atoms with van der Waals surface area (Å²) >= 11 is 0. The van der Waals surface area contributed by atoms with Crippen LogP contribution >= 0.6 is 0 Å². The number of ether oxygens (including phenoxy) is 3. The molecule has 1 heterocycles. The standard InChI is InChI=1S/C24H39NO5/c1-5-25-11-22(12-28-2)7-6-18(30-4)24-14-8-13-16(29-3)10-23(27,19(14)20(13)26)15(21(24)25)9-17(22)24/h13-21,26-27H,5-12H2,1-4H3/t13-,14-,15?,16+,17-,18+,19-,20+,21?,22+,23+,24?/m1/s1. The summed E-state index contributed by atoms with van der Waals surface area (Å²) in [4.78, 5) is 2.67. The number of methoxy groups -OCH3 is 3. The van der Waals surface area contributed by atoms with Gasteiger partial charge in [0.1, 0.15) is 0 Å². The molecule has 0 radical (unpaired) electrons. The van der Waals surface area contributed by atoms with Gasteiger partial charge in [0.25, 0.3) is 0 Å². The van der Waals surface area contributed by atoms with Crippen LogP contribution in [0.4, 0.5) is 0 Å². The fourth-order valence-corrected chi connectivity index (χ4v) is 10.7. The van der Waals surface area contributed by atoms with E-state index in [1.165, 1.54) is 0 Å². The van der Waals surface area contributed by atoms with Crippen LogP contribution in [0.5, 0.6) is 0 Å². The smallest absolute Gasteiger partial charge is 0.0771 e. The lowest BCUT2D eigenvalue weighted by Crippen LogP contribution is -2.76. The van der Waals surface area contributed by atoms with Crippen LogP contribution in [-0.4, -0.2) is 86.1 Å². The first-order valence-corrected chi connectivity index (χ1v) is 12.1. The molecule has 6 fully saturated rings. The van der Waals surface area contributed by atoms with Crippen LogP contribution in [0.25, 0.3) is 0 Å². The van der Waals surface area contributed by atoms with Gasteiger partial charge < -0.3 is 24.4 Å². The fraction of sp³-hybridized carbons (Fsp3) is 1.00. The molecule has 1 spiro atoms. The van der Waals surface area contributed by atoms with Crippen LogP contribution < -0.4 is 0 Å². The third-order valence-electron chi connectivity index (χ3n) is 11.2. The summed E-state index contributed by atoms with van der Waals surface area (Å²) in [6.07, 6.45) is 4.52. The van der Waals surface area contributed by atoms with E-state index in [4.69, 9.17) is 14.2 Å². The summed E-state index contributed by atoms with van der Waals surface area (Å²) in [7, 11) is 5.48. The van der Waals surface area contributed by atoms with Crippen LogP contribution in [0.2, 0.25) is 0 Å². The summed E-state index contributed by atoms with van der Waals surface area (Å²) in [5.74, 6) is 1.03. The third kappa shape index (κ3) is 2.00. The summed E-state index contributed by atoms with van der Waals surface area (Å²) in [5.41, 5.74) is -0.719. The lowest BCUT2D eigenvalue weighted by Gasteiger charge is -2.69. The van der Waals surface area contributed by atoms with Crippen LogP contribution in [0.3, 0.4) is 0 Å². The van der Waals surface area contributed by atoms with Crippen molar-refractivity contribution < 1.29 is 24.4 Å². The molecule has 30 heavy (non-hydrogen) atoms. The number of aliphatic hydroxyl groups excluding tert-OH is 1. The molecule has 6 nitrogen and oxygen atoms in total. The first-order valence-electron chi connectivity index (χ1n) is 12.1. The van der Waals surface area contributed by atoms with E-state index in [-0.39, 0.29) is 46.7 Å². The van der Waals surface area contributed by atoms with Crippen molar-refractivity contribution in [2.24, 2.45) is 40.4 Å². The van der Waals surface area contributed by atoms with Crippen LogP contribution in [0.1, 0.15) is 39.0 Å². The Kier molecular flexibility index (Phi) is 4.36. The molecular formula is C24H39NO5. The number of nitrogens with zero attached hydrogens (tertiary/aromatic N) is 1. The molecule has 0 aromatic heterocycles. The highest BCUT2D eigenvalue weighted by Crippen LogP contribution is 2.79. The van der Waals surface area contributed by atoms with Crippen molar-refractivity contribution in [3.8, 4) is 0 Å². The molecule has 2 N–H and O–H groups in total. The van der Waals surface area contributed by atoms with Gasteiger partial charge in [0.15, 0.2) is 0 Å². The van der Waals surface area contributed by atoms with Gasteiger partial charge in [-0.1, -0.05) is 6.92 Å². The van der Waals surface area contributed by atoms with Crippen LogP contribution in [0.15, 0.2) is 0 Å². The van der Waals surface area contributed by atoms with E-state index in [1.807, 2.05) is 14.2 Å². The predicted octanol–water partition coefficient (Wildman–Crippen LogP) is 1.53. The summed E-state index contributed by atoms with van der Waals surface area (Å²) in [5, 5.41) is 23.8. The summed E-state index contributed by atoms with van der Waals surface area (Å²) < 4.78 is 18.0. The van der Waals surface area contributed by atoms with Crippen molar-refractivity contribution in [2.75, 3.05) is 41.0 Å². The molecule has 5 aliphatic carbocycles. The molecule has 0 amide bonds. The third-order valence-corrected chi connectivity index (χ3v) is 11.2. The van der Waals surface area contributed by atoms with Gasteiger partial charge in [-0.05, 0) is 44.1 Å². The Hall–Kier alpha value is -0.240. The highest BCUT2D eigenvalue weighted by atomic mass is 16.5. The van der Waals surface area contributed by atoms with Gasteiger partial charge in [-0.2, -0.15) is 0 Å². The number of likely N-dealkylation sites (tertiary alicyclic amines) is 1. The normalized spacial score (nSPS) is 60.8. The van der Waals surface area contributed by atoms with Crippen LogP contribution in [0, 0.1) is 40.4 Å². The lowest BCUT2D eigenvalue weighted by molar-refractivity contribution is -0.276.